The van der Waals surface area contributed by atoms with Gasteiger partial charge in [0, 0.05) is 57.2 Å². The highest BCUT2D eigenvalue weighted by atomic mass is 15.3. The maximum Gasteiger partial charge on any atom is 0.151 e. The quantitative estimate of drug-likeness (QED) is 0.866. The molecule has 24 heavy (non-hydrogen) atoms. The molecular weight excluding hydrogens is 298 g/mol. The molecule has 0 amide bonds. The molecule has 2 saturated heterocycles. The highest BCUT2D eigenvalue weighted by molar-refractivity contribution is 5.46. The Morgan fingerprint density at radius 3 is 2.17 bits per heavy atom. The number of piperidine rings is 1. The van der Waals surface area contributed by atoms with E-state index in [4.69, 9.17) is 0 Å². The van der Waals surface area contributed by atoms with E-state index in [0.29, 0.717) is 0 Å². The van der Waals surface area contributed by atoms with E-state index >= 15 is 0 Å². The summed E-state index contributed by atoms with van der Waals surface area (Å²) in [5.41, 5.74) is 1.36. The average molecular weight is 323 g/mol. The van der Waals surface area contributed by atoms with Gasteiger partial charge in [-0.25, -0.2) is 0 Å². The van der Waals surface area contributed by atoms with Crippen molar-refractivity contribution in [2.75, 3.05) is 49.1 Å². The normalized spacial score (nSPS) is 20.3. The topological polar surface area (TPSA) is 35.5 Å². The number of hydrogen-bond donors (Lipinski definition) is 0. The molecule has 3 heterocycles. The third kappa shape index (κ3) is 3.36. The monoisotopic (exact) mass is 323 g/mol. The number of piperazine rings is 1. The second-order valence-electron chi connectivity index (χ2n) is 6.66. The van der Waals surface area contributed by atoms with Crippen molar-refractivity contribution >= 4 is 11.5 Å². The van der Waals surface area contributed by atoms with Crippen molar-refractivity contribution in [2.24, 2.45) is 0 Å². The van der Waals surface area contributed by atoms with Gasteiger partial charge >= 0.3 is 0 Å². The van der Waals surface area contributed by atoms with Crippen LogP contribution in [0.25, 0.3) is 0 Å². The lowest BCUT2D eigenvalue weighted by molar-refractivity contribution is 0.159. The van der Waals surface area contributed by atoms with Gasteiger partial charge < -0.3 is 9.80 Å². The summed E-state index contributed by atoms with van der Waals surface area (Å²) in [6.07, 6.45) is 4.26. The second-order valence-corrected chi connectivity index (χ2v) is 6.66. The Hall–Kier alpha value is -2.14. The summed E-state index contributed by atoms with van der Waals surface area (Å²) in [5, 5.41) is 8.23. The first-order chi connectivity index (χ1) is 11.9. The summed E-state index contributed by atoms with van der Waals surface area (Å²) in [4.78, 5) is 7.55. The number of rotatable bonds is 3. The number of anilines is 2. The Kier molecular flexibility index (Phi) is 4.60. The van der Waals surface area contributed by atoms with Crippen molar-refractivity contribution in [2.45, 2.75) is 18.9 Å². The number of hydrogen-bond acceptors (Lipinski definition) is 5. The molecule has 2 aliphatic heterocycles. The Labute approximate surface area is 143 Å². The molecule has 0 spiro atoms. The van der Waals surface area contributed by atoms with Gasteiger partial charge in [0.1, 0.15) is 0 Å². The fourth-order valence-electron chi connectivity index (χ4n) is 3.91. The zero-order valence-corrected chi connectivity index (χ0v) is 14.1. The molecule has 2 aromatic rings. The highest BCUT2D eigenvalue weighted by Crippen LogP contribution is 2.23. The number of nitrogens with zero attached hydrogens (tertiary/aromatic N) is 5. The van der Waals surface area contributed by atoms with E-state index in [9.17, 15) is 0 Å². The highest BCUT2D eigenvalue weighted by Gasteiger charge is 2.27. The van der Waals surface area contributed by atoms with Crippen LogP contribution in [0.5, 0.6) is 0 Å². The fraction of sp³-hybridized carbons (Fsp3) is 0.474. The maximum absolute atomic E-state index is 4.23. The number of aromatic nitrogens is 2. The lowest BCUT2D eigenvalue weighted by Crippen LogP contribution is -2.53. The van der Waals surface area contributed by atoms with Crippen LogP contribution in [0.3, 0.4) is 0 Å². The molecule has 0 atom stereocenters. The minimum Gasteiger partial charge on any atom is -0.371 e. The smallest absolute Gasteiger partial charge is 0.151 e. The minimum absolute atomic E-state index is 0.731. The van der Waals surface area contributed by atoms with Crippen LogP contribution in [0.4, 0.5) is 11.5 Å². The summed E-state index contributed by atoms with van der Waals surface area (Å²) in [6, 6.07) is 15.6. The Bertz CT molecular complexity index is 559. The lowest BCUT2D eigenvalue weighted by Gasteiger charge is -2.43. The zero-order valence-electron chi connectivity index (χ0n) is 14.1. The van der Waals surface area contributed by atoms with Gasteiger partial charge in [0.2, 0.25) is 0 Å². The van der Waals surface area contributed by atoms with E-state index in [2.05, 4.69) is 61.3 Å². The van der Waals surface area contributed by atoms with Crippen LogP contribution in [-0.4, -0.2) is 60.4 Å². The van der Waals surface area contributed by atoms with Crippen LogP contribution >= 0.6 is 0 Å². The molecule has 5 nitrogen and oxygen atoms in total. The summed E-state index contributed by atoms with van der Waals surface area (Å²) in [6.45, 7) is 6.70. The van der Waals surface area contributed by atoms with E-state index in [-0.39, 0.29) is 0 Å². The van der Waals surface area contributed by atoms with E-state index in [1.807, 2.05) is 6.07 Å². The van der Waals surface area contributed by atoms with Gasteiger partial charge in [0.25, 0.3) is 0 Å². The lowest BCUT2D eigenvalue weighted by atomic mass is 10.0. The molecule has 0 saturated carbocycles. The number of benzene rings is 1. The maximum atomic E-state index is 4.23. The van der Waals surface area contributed by atoms with Crippen molar-refractivity contribution < 1.29 is 0 Å². The molecule has 2 aliphatic rings. The largest absolute Gasteiger partial charge is 0.371 e. The Morgan fingerprint density at radius 2 is 1.50 bits per heavy atom. The van der Waals surface area contributed by atoms with Gasteiger partial charge in [0.15, 0.2) is 5.82 Å². The number of para-hydroxylation sites is 1. The molecule has 126 valence electrons. The predicted molar refractivity (Wildman–Crippen MR) is 97.5 cm³/mol. The van der Waals surface area contributed by atoms with E-state index in [1.54, 1.807) is 6.20 Å². The molecular formula is C19H25N5. The minimum atomic E-state index is 0.731. The zero-order chi connectivity index (χ0) is 16.2. The van der Waals surface area contributed by atoms with Gasteiger partial charge in [0.05, 0.1) is 0 Å². The van der Waals surface area contributed by atoms with Crippen molar-refractivity contribution in [3.05, 3.63) is 48.7 Å². The molecule has 5 heteroatoms. The molecule has 1 aromatic carbocycles. The first-order valence-corrected chi connectivity index (χ1v) is 8.97. The Balaban J connectivity index is 1.28. The van der Waals surface area contributed by atoms with Gasteiger partial charge in [-0.3, -0.25) is 4.90 Å². The van der Waals surface area contributed by atoms with Gasteiger partial charge in [-0.05, 0) is 37.1 Å². The standard InChI is InChI=1S/C19H25N5/c1-2-5-17(6-3-1)22-11-8-18(9-12-22)23-13-15-24(16-14-23)19-7-4-10-20-21-19/h1-7,10,18H,8-9,11-16H2. The van der Waals surface area contributed by atoms with Gasteiger partial charge in [-0.15, -0.1) is 5.10 Å². The third-order valence-electron chi connectivity index (χ3n) is 5.30. The predicted octanol–water partition coefficient (Wildman–Crippen LogP) is 2.27. The summed E-state index contributed by atoms with van der Waals surface area (Å²) < 4.78 is 0. The molecule has 0 unspecified atom stereocenters. The van der Waals surface area contributed by atoms with Crippen LogP contribution in [0, 0.1) is 0 Å². The van der Waals surface area contributed by atoms with Crippen molar-refractivity contribution in [1.82, 2.24) is 15.1 Å². The van der Waals surface area contributed by atoms with Crippen LogP contribution in [-0.2, 0) is 0 Å². The molecule has 0 N–H and O–H groups in total. The van der Waals surface area contributed by atoms with Crippen molar-refractivity contribution in [3.8, 4) is 0 Å². The van der Waals surface area contributed by atoms with Crippen LogP contribution in [0.1, 0.15) is 12.8 Å². The van der Waals surface area contributed by atoms with Gasteiger partial charge in [-0.2, -0.15) is 5.10 Å². The van der Waals surface area contributed by atoms with Crippen molar-refractivity contribution in [1.29, 1.82) is 0 Å². The molecule has 0 aliphatic carbocycles. The molecule has 1 aromatic heterocycles. The van der Waals surface area contributed by atoms with Crippen LogP contribution in [0.15, 0.2) is 48.7 Å². The van der Waals surface area contributed by atoms with E-state index in [0.717, 1.165) is 38.0 Å². The summed E-state index contributed by atoms with van der Waals surface area (Å²) in [7, 11) is 0. The molecule has 4 rings (SSSR count). The van der Waals surface area contributed by atoms with Crippen molar-refractivity contribution in [3.63, 3.8) is 0 Å². The van der Waals surface area contributed by atoms with Crippen LogP contribution < -0.4 is 9.80 Å². The SMILES string of the molecule is c1ccc(N2CCC(N3CCN(c4cccnn4)CC3)CC2)cc1. The van der Waals surface area contributed by atoms with E-state index < -0.39 is 0 Å². The molecule has 0 radical (unpaired) electrons. The first kappa shape index (κ1) is 15.4. The molecule has 0 bridgehead atoms. The fourth-order valence-corrected chi connectivity index (χ4v) is 3.91. The summed E-state index contributed by atoms with van der Waals surface area (Å²) in [5.74, 6) is 1.01. The van der Waals surface area contributed by atoms with Gasteiger partial charge in [-0.1, -0.05) is 18.2 Å². The summed E-state index contributed by atoms with van der Waals surface area (Å²) >= 11 is 0. The van der Waals surface area contributed by atoms with E-state index in [1.165, 1.54) is 31.6 Å². The second kappa shape index (κ2) is 7.18. The van der Waals surface area contributed by atoms with Crippen LogP contribution in [0.2, 0.25) is 0 Å². The third-order valence-corrected chi connectivity index (χ3v) is 5.30. The Morgan fingerprint density at radius 1 is 0.750 bits per heavy atom. The average Bonchev–Trinajstić information content (AvgIpc) is 2.70. The first-order valence-electron chi connectivity index (χ1n) is 8.97. The molecule has 2 fully saturated rings.